The van der Waals surface area contributed by atoms with Crippen molar-refractivity contribution in [3.8, 4) is 0 Å². The highest BCUT2D eigenvalue weighted by Crippen LogP contribution is 2.06. The van der Waals surface area contributed by atoms with E-state index in [1.165, 1.54) is 0 Å². The fourth-order valence-electron chi connectivity index (χ4n) is 1.93. The van der Waals surface area contributed by atoms with E-state index in [1.807, 2.05) is 19.2 Å². The molecule has 0 radical (unpaired) electrons. The minimum absolute atomic E-state index is 0. The van der Waals surface area contributed by atoms with Gasteiger partial charge in [0.1, 0.15) is 6.04 Å². The topological polar surface area (TPSA) is 59.0 Å². The quantitative estimate of drug-likeness (QED) is 0.879. The maximum atomic E-state index is 11.9. The van der Waals surface area contributed by atoms with E-state index in [4.69, 9.17) is 0 Å². The second-order valence-corrected chi connectivity index (χ2v) is 4.21. The van der Waals surface area contributed by atoms with Crippen LogP contribution in [0, 0.1) is 0 Å². The third-order valence-corrected chi connectivity index (χ3v) is 2.94. The van der Waals surface area contributed by atoms with Crippen molar-refractivity contribution in [3.05, 3.63) is 18.5 Å². The van der Waals surface area contributed by atoms with Crippen molar-refractivity contribution in [2.45, 2.75) is 31.8 Å². The van der Waals surface area contributed by atoms with Crippen molar-refractivity contribution in [2.24, 2.45) is 0 Å². The van der Waals surface area contributed by atoms with Crippen LogP contribution in [-0.4, -0.2) is 34.8 Å². The third-order valence-electron chi connectivity index (χ3n) is 2.94. The molecule has 0 saturated carbocycles. The third kappa shape index (κ3) is 4.48. The molecule has 1 aromatic heterocycles. The van der Waals surface area contributed by atoms with Crippen molar-refractivity contribution in [1.82, 2.24) is 20.4 Å². The fourth-order valence-corrected chi connectivity index (χ4v) is 1.93. The number of hydrogen-bond acceptors (Lipinski definition) is 3. The molecule has 104 valence electrons. The standard InChI is InChI=1S/C11H18N4O.2ClH/c1-9(15-7-3-6-13-15)11(16)14-10-4-2-5-12-8-10;;/h3,6-7,9-10,12H,2,4-5,8H2,1H3,(H,14,16);2*1H/t9?,10-;;/m0../s1. The van der Waals surface area contributed by atoms with Crippen LogP contribution in [-0.2, 0) is 4.79 Å². The molecule has 1 amide bonds. The molecule has 0 aromatic carbocycles. The van der Waals surface area contributed by atoms with Gasteiger partial charge in [-0.15, -0.1) is 24.8 Å². The largest absolute Gasteiger partial charge is 0.350 e. The lowest BCUT2D eigenvalue weighted by Gasteiger charge is -2.25. The van der Waals surface area contributed by atoms with E-state index < -0.39 is 0 Å². The van der Waals surface area contributed by atoms with Crippen molar-refractivity contribution in [1.29, 1.82) is 0 Å². The molecular weight excluding hydrogens is 275 g/mol. The van der Waals surface area contributed by atoms with E-state index in [2.05, 4.69) is 15.7 Å². The number of hydrogen-bond donors (Lipinski definition) is 2. The lowest BCUT2D eigenvalue weighted by atomic mass is 10.1. The van der Waals surface area contributed by atoms with Gasteiger partial charge in [0.25, 0.3) is 0 Å². The van der Waals surface area contributed by atoms with Crippen LogP contribution in [0.4, 0.5) is 0 Å². The SMILES string of the molecule is CC(C(=O)N[C@H]1CCCNC1)n1cccn1.Cl.Cl. The summed E-state index contributed by atoms with van der Waals surface area (Å²) in [7, 11) is 0. The summed E-state index contributed by atoms with van der Waals surface area (Å²) < 4.78 is 1.67. The number of halogens is 2. The molecule has 1 fully saturated rings. The van der Waals surface area contributed by atoms with Crippen molar-refractivity contribution in [2.75, 3.05) is 13.1 Å². The summed E-state index contributed by atoms with van der Waals surface area (Å²) in [4.78, 5) is 11.9. The maximum absolute atomic E-state index is 11.9. The highest BCUT2D eigenvalue weighted by molar-refractivity contribution is 5.85. The van der Waals surface area contributed by atoms with E-state index in [1.54, 1.807) is 10.9 Å². The number of nitrogens with zero attached hydrogens (tertiary/aromatic N) is 2. The molecule has 1 aliphatic heterocycles. The second-order valence-electron chi connectivity index (χ2n) is 4.21. The molecule has 2 heterocycles. The fraction of sp³-hybridized carbons (Fsp3) is 0.636. The summed E-state index contributed by atoms with van der Waals surface area (Å²) in [5, 5.41) is 10.4. The molecule has 1 saturated heterocycles. The predicted molar refractivity (Wildman–Crippen MR) is 75.5 cm³/mol. The summed E-state index contributed by atoms with van der Waals surface area (Å²) in [5.41, 5.74) is 0. The maximum Gasteiger partial charge on any atom is 0.244 e. The van der Waals surface area contributed by atoms with Gasteiger partial charge in [-0.3, -0.25) is 9.48 Å². The zero-order valence-corrected chi connectivity index (χ0v) is 12.0. The van der Waals surface area contributed by atoms with Gasteiger partial charge >= 0.3 is 0 Å². The summed E-state index contributed by atoms with van der Waals surface area (Å²) in [6.45, 7) is 3.79. The van der Waals surface area contributed by atoms with Gasteiger partial charge in [-0.1, -0.05) is 0 Å². The second kappa shape index (κ2) is 8.34. The zero-order valence-electron chi connectivity index (χ0n) is 10.3. The van der Waals surface area contributed by atoms with Gasteiger partial charge in [0.15, 0.2) is 0 Å². The van der Waals surface area contributed by atoms with Crippen LogP contribution in [0.2, 0.25) is 0 Å². The summed E-state index contributed by atoms with van der Waals surface area (Å²) in [6.07, 6.45) is 5.68. The number of carbonyl (C=O) groups is 1. The molecule has 18 heavy (non-hydrogen) atoms. The normalized spacial score (nSPS) is 20.2. The van der Waals surface area contributed by atoms with E-state index in [-0.39, 0.29) is 42.8 Å². The van der Waals surface area contributed by atoms with E-state index in [0.29, 0.717) is 0 Å². The molecule has 1 aliphatic rings. The molecule has 1 aromatic rings. The van der Waals surface area contributed by atoms with E-state index >= 15 is 0 Å². The summed E-state index contributed by atoms with van der Waals surface area (Å²) in [6, 6.07) is 1.85. The Labute approximate surface area is 120 Å². The molecule has 2 rings (SSSR count). The Morgan fingerprint density at radius 3 is 2.89 bits per heavy atom. The van der Waals surface area contributed by atoms with Gasteiger partial charge in [-0.25, -0.2) is 0 Å². The molecule has 5 nitrogen and oxygen atoms in total. The first-order valence-corrected chi connectivity index (χ1v) is 5.77. The van der Waals surface area contributed by atoms with E-state index in [9.17, 15) is 4.79 Å². The summed E-state index contributed by atoms with van der Waals surface area (Å²) in [5.74, 6) is 0.0393. The highest BCUT2D eigenvalue weighted by Gasteiger charge is 2.20. The lowest BCUT2D eigenvalue weighted by molar-refractivity contribution is -0.125. The Bertz CT molecular complexity index is 339. The molecule has 0 spiro atoms. The molecular formula is C11H20Cl2N4O. The number of amides is 1. The van der Waals surface area contributed by atoms with Crippen LogP contribution in [0.3, 0.4) is 0 Å². The van der Waals surface area contributed by atoms with E-state index in [0.717, 1.165) is 25.9 Å². The number of nitrogens with one attached hydrogen (secondary N) is 2. The first-order chi connectivity index (χ1) is 7.77. The lowest BCUT2D eigenvalue weighted by Crippen LogP contribution is -2.47. The van der Waals surface area contributed by atoms with Crippen LogP contribution in [0.1, 0.15) is 25.8 Å². The van der Waals surface area contributed by atoms with Gasteiger partial charge in [-0.05, 0) is 32.4 Å². The first kappa shape index (κ1) is 17.2. The van der Waals surface area contributed by atoms with Crippen molar-refractivity contribution < 1.29 is 4.79 Å². The minimum Gasteiger partial charge on any atom is -0.350 e. The molecule has 0 bridgehead atoms. The Balaban J connectivity index is 0.00000144. The van der Waals surface area contributed by atoms with Crippen LogP contribution >= 0.6 is 24.8 Å². The van der Waals surface area contributed by atoms with Gasteiger partial charge < -0.3 is 10.6 Å². The predicted octanol–water partition coefficient (Wildman–Crippen LogP) is 1.16. The average molecular weight is 295 g/mol. The molecule has 1 unspecified atom stereocenters. The van der Waals surface area contributed by atoms with Crippen LogP contribution in [0.15, 0.2) is 18.5 Å². The number of rotatable bonds is 3. The van der Waals surface area contributed by atoms with Crippen molar-refractivity contribution in [3.63, 3.8) is 0 Å². The number of carbonyl (C=O) groups excluding carboxylic acids is 1. The van der Waals surface area contributed by atoms with Crippen molar-refractivity contribution >= 4 is 30.7 Å². The van der Waals surface area contributed by atoms with Gasteiger partial charge in [-0.2, -0.15) is 5.10 Å². The smallest absolute Gasteiger partial charge is 0.244 e. The van der Waals surface area contributed by atoms with Crippen LogP contribution in [0.5, 0.6) is 0 Å². The Kier molecular flexibility index (Phi) is 7.98. The van der Waals surface area contributed by atoms with Gasteiger partial charge in [0.05, 0.1) is 0 Å². The molecule has 7 heteroatoms. The Morgan fingerprint density at radius 1 is 1.56 bits per heavy atom. The molecule has 2 atom stereocenters. The molecule has 0 aliphatic carbocycles. The minimum atomic E-state index is -0.239. The number of aromatic nitrogens is 2. The Hall–Kier alpha value is -0.780. The molecule has 2 N–H and O–H groups in total. The zero-order chi connectivity index (χ0) is 11.4. The summed E-state index contributed by atoms with van der Waals surface area (Å²) >= 11 is 0. The van der Waals surface area contributed by atoms with Crippen LogP contribution in [0.25, 0.3) is 0 Å². The monoisotopic (exact) mass is 294 g/mol. The van der Waals surface area contributed by atoms with Gasteiger partial charge in [0, 0.05) is 25.0 Å². The number of piperidine rings is 1. The Morgan fingerprint density at radius 2 is 2.33 bits per heavy atom. The average Bonchev–Trinajstić information content (AvgIpc) is 2.83. The van der Waals surface area contributed by atoms with Crippen LogP contribution < -0.4 is 10.6 Å². The highest BCUT2D eigenvalue weighted by atomic mass is 35.5. The first-order valence-electron chi connectivity index (χ1n) is 5.77. The van der Waals surface area contributed by atoms with Gasteiger partial charge in [0.2, 0.25) is 5.91 Å².